The van der Waals surface area contributed by atoms with Crippen LogP contribution in [0, 0.1) is 28.6 Å². The van der Waals surface area contributed by atoms with Crippen molar-refractivity contribution in [3.8, 4) is 0 Å². The SMILES string of the molecule is CC1(O)C[C@@]2(C)C(=CC1=O)C(F)=C[C@@H]1[C@@H]2CC[C@@]2(C)[C@H]1CC[C@]2(O)C(=O)CO. The third-order valence-corrected chi connectivity index (χ3v) is 8.64. The molecular weight excluding hydrogens is 363 g/mol. The molecule has 0 bridgehead atoms. The Morgan fingerprint density at radius 3 is 2.46 bits per heavy atom. The van der Waals surface area contributed by atoms with Crippen LogP contribution in [-0.2, 0) is 9.59 Å². The molecule has 0 aliphatic heterocycles. The number of aliphatic hydroxyl groups is 3. The number of hydrogen-bond donors (Lipinski definition) is 3. The van der Waals surface area contributed by atoms with Crippen LogP contribution in [-0.4, -0.2) is 44.7 Å². The quantitative estimate of drug-likeness (QED) is 0.670. The standard InChI is InChI=1S/C22H29FO5/c1-19-11-21(3,27)17(25)9-15(19)16(23)8-12-13(19)4-6-20(2)14(12)5-7-22(20,28)18(26)10-24/h8-9,12-14,24,27-28H,4-7,10-11H2,1-3H3/t12-,13+,14+,19-,20+,21?,22+/m1/s1. The topological polar surface area (TPSA) is 94.8 Å². The van der Waals surface area contributed by atoms with E-state index in [1.165, 1.54) is 13.0 Å². The molecule has 0 spiro atoms. The number of aliphatic hydroxyl groups excluding tert-OH is 1. The van der Waals surface area contributed by atoms with Crippen LogP contribution in [0.5, 0.6) is 0 Å². The number of Topliss-reactive ketones (excluding diaryl/α,β-unsaturated/α-hetero) is 1. The van der Waals surface area contributed by atoms with Crippen molar-refractivity contribution >= 4 is 11.6 Å². The molecule has 6 heteroatoms. The molecule has 4 aliphatic rings. The van der Waals surface area contributed by atoms with Crippen molar-refractivity contribution in [1.82, 2.24) is 0 Å². The van der Waals surface area contributed by atoms with Crippen LogP contribution >= 0.6 is 0 Å². The maximum Gasteiger partial charge on any atom is 0.190 e. The lowest BCUT2D eigenvalue weighted by Crippen LogP contribution is -2.58. The summed E-state index contributed by atoms with van der Waals surface area (Å²) < 4.78 is 15.1. The lowest BCUT2D eigenvalue weighted by atomic mass is 9.47. The van der Waals surface area contributed by atoms with E-state index in [4.69, 9.17) is 0 Å². The van der Waals surface area contributed by atoms with Crippen molar-refractivity contribution in [3.05, 3.63) is 23.6 Å². The van der Waals surface area contributed by atoms with Gasteiger partial charge in [-0.05, 0) is 74.5 Å². The highest BCUT2D eigenvalue weighted by atomic mass is 19.1. The lowest BCUT2D eigenvalue weighted by Gasteiger charge is -2.58. The molecule has 0 heterocycles. The third kappa shape index (κ3) is 2.28. The average Bonchev–Trinajstić information content (AvgIpc) is 2.89. The van der Waals surface area contributed by atoms with E-state index in [9.17, 15) is 24.9 Å². The number of fused-ring (bicyclic) bond motifs is 5. The van der Waals surface area contributed by atoms with Gasteiger partial charge < -0.3 is 15.3 Å². The maximum atomic E-state index is 15.1. The van der Waals surface area contributed by atoms with Gasteiger partial charge in [-0.25, -0.2) is 4.39 Å². The lowest BCUT2D eigenvalue weighted by molar-refractivity contribution is -0.163. The van der Waals surface area contributed by atoms with Gasteiger partial charge in [0, 0.05) is 10.8 Å². The van der Waals surface area contributed by atoms with E-state index >= 15 is 4.39 Å². The average molecular weight is 392 g/mol. The van der Waals surface area contributed by atoms with Crippen molar-refractivity contribution in [2.45, 2.75) is 64.1 Å². The number of ketones is 2. The minimum Gasteiger partial charge on any atom is -0.388 e. The Morgan fingerprint density at radius 1 is 1.18 bits per heavy atom. The molecule has 28 heavy (non-hydrogen) atoms. The number of hydrogen-bond acceptors (Lipinski definition) is 5. The van der Waals surface area contributed by atoms with Gasteiger partial charge in [-0.15, -0.1) is 0 Å². The predicted molar refractivity (Wildman–Crippen MR) is 99.7 cm³/mol. The fraction of sp³-hybridized carbons (Fsp3) is 0.727. The van der Waals surface area contributed by atoms with E-state index in [-0.39, 0.29) is 30.6 Å². The summed E-state index contributed by atoms with van der Waals surface area (Å²) in [7, 11) is 0. The van der Waals surface area contributed by atoms with Gasteiger partial charge >= 0.3 is 0 Å². The van der Waals surface area contributed by atoms with Gasteiger partial charge in [-0.2, -0.15) is 0 Å². The van der Waals surface area contributed by atoms with E-state index < -0.39 is 46.0 Å². The molecule has 0 radical (unpaired) electrons. The summed E-state index contributed by atoms with van der Waals surface area (Å²) in [6, 6.07) is 0. The van der Waals surface area contributed by atoms with Gasteiger partial charge in [0.1, 0.15) is 23.6 Å². The van der Waals surface area contributed by atoms with Gasteiger partial charge in [0.25, 0.3) is 0 Å². The smallest absolute Gasteiger partial charge is 0.190 e. The number of carbonyl (C=O) groups excluding carboxylic acids is 2. The summed E-state index contributed by atoms with van der Waals surface area (Å²) >= 11 is 0. The Kier molecular flexibility index (Phi) is 4.15. The Bertz CT molecular complexity index is 814. The van der Waals surface area contributed by atoms with Crippen LogP contribution in [0.25, 0.3) is 0 Å². The molecule has 154 valence electrons. The van der Waals surface area contributed by atoms with Crippen molar-refractivity contribution < 1.29 is 29.3 Å². The van der Waals surface area contributed by atoms with Crippen molar-refractivity contribution in [3.63, 3.8) is 0 Å². The first-order chi connectivity index (χ1) is 12.9. The first-order valence-corrected chi connectivity index (χ1v) is 10.1. The molecule has 0 saturated heterocycles. The number of allylic oxidation sites excluding steroid dienone is 3. The highest BCUT2D eigenvalue weighted by Gasteiger charge is 2.66. The van der Waals surface area contributed by atoms with E-state index in [1.54, 1.807) is 6.08 Å². The second-order valence-electron chi connectivity index (χ2n) is 10.0. The minimum absolute atomic E-state index is 0.0162. The molecule has 0 amide bonds. The normalized spacial score (nSPS) is 50.2. The van der Waals surface area contributed by atoms with Crippen molar-refractivity contribution in [2.24, 2.45) is 28.6 Å². The Hall–Kier alpha value is -1.37. The van der Waals surface area contributed by atoms with E-state index in [0.717, 1.165) is 0 Å². The second kappa shape index (κ2) is 5.83. The zero-order chi connectivity index (χ0) is 20.7. The summed E-state index contributed by atoms with van der Waals surface area (Å²) in [5.41, 5.74) is -4.15. The summed E-state index contributed by atoms with van der Waals surface area (Å²) in [4.78, 5) is 24.6. The molecular formula is C22H29FO5. The third-order valence-electron chi connectivity index (χ3n) is 8.64. The van der Waals surface area contributed by atoms with Crippen LogP contribution in [0.4, 0.5) is 4.39 Å². The maximum absolute atomic E-state index is 15.1. The summed E-state index contributed by atoms with van der Waals surface area (Å²) in [6.07, 6.45) is 5.07. The summed E-state index contributed by atoms with van der Waals surface area (Å²) in [5.74, 6) is -1.73. The van der Waals surface area contributed by atoms with Crippen molar-refractivity contribution in [1.29, 1.82) is 0 Å². The fourth-order valence-electron chi connectivity index (χ4n) is 7.06. The molecule has 1 unspecified atom stereocenters. The Morgan fingerprint density at radius 2 is 1.82 bits per heavy atom. The molecule has 3 N–H and O–H groups in total. The molecule has 2 saturated carbocycles. The first-order valence-electron chi connectivity index (χ1n) is 10.1. The monoisotopic (exact) mass is 392 g/mol. The molecule has 0 aromatic rings. The van der Waals surface area contributed by atoms with Crippen LogP contribution in [0.15, 0.2) is 23.6 Å². The highest BCUT2D eigenvalue weighted by molar-refractivity contribution is 5.99. The number of carbonyl (C=O) groups is 2. The highest BCUT2D eigenvalue weighted by Crippen LogP contribution is 2.67. The second-order valence-corrected chi connectivity index (χ2v) is 10.0. The number of rotatable bonds is 2. The molecule has 2 fully saturated rings. The zero-order valence-corrected chi connectivity index (χ0v) is 16.7. The van der Waals surface area contributed by atoms with Crippen LogP contribution in [0.1, 0.15) is 52.9 Å². The van der Waals surface area contributed by atoms with E-state index in [0.29, 0.717) is 24.8 Å². The van der Waals surface area contributed by atoms with Gasteiger partial charge in [-0.1, -0.05) is 13.8 Å². The number of halogens is 1. The van der Waals surface area contributed by atoms with Gasteiger partial charge in [0.2, 0.25) is 0 Å². The van der Waals surface area contributed by atoms with Crippen LogP contribution in [0.2, 0.25) is 0 Å². The van der Waals surface area contributed by atoms with Gasteiger partial charge in [0.15, 0.2) is 11.6 Å². The Balaban J connectivity index is 1.79. The van der Waals surface area contributed by atoms with Gasteiger partial charge in [-0.3, -0.25) is 9.59 Å². The Labute approximate surface area is 164 Å². The largest absolute Gasteiger partial charge is 0.388 e. The zero-order valence-electron chi connectivity index (χ0n) is 16.7. The van der Waals surface area contributed by atoms with Gasteiger partial charge in [0.05, 0.1) is 0 Å². The molecule has 0 aromatic carbocycles. The summed E-state index contributed by atoms with van der Waals surface area (Å²) in [5, 5.41) is 31.1. The van der Waals surface area contributed by atoms with E-state index in [2.05, 4.69) is 0 Å². The molecule has 4 rings (SSSR count). The molecule has 4 aliphatic carbocycles. The first kappa shape index (κ1) is 19.9. The van der Waals surface area contributed by atoms with Crippen LogP contribution in [0.3, 0.4) is 0 Å². The molecule has 7 atom stereocenters. The molecule has 5 nitrogen and oxygen atoms in total. The van der Waals surface area contributed by atoms with E-state index in [1.807, 2.05) is 13.8 Å². The van der Waals surface area contributed by atoms with Crippen molar-refractivity contribution in [2.75, 3.05) is 6.61 Å². The predicted octanol–water partition coefficient (Wildman–Crippen LogP) is 2.24. The fourth-order valence-corrected chi connectivity index (χ4v) is 7.06. The summed E-state index contributed by atoms with van der Waals surface area (Å²) in [6.45, 7) is 4.59. The van der Waals surface area contributed by atoms with Crippen LogP contribution < -0.4 is 0 Å². The minimum atomic E-state index is -1.59. The molecule has 0 aromatic heterocycles.